The van der Waals surface area contributed by atoms with Crippen LogP contribution in [0.5, 0.6) is 0 Å². The van der Waals surface area contributed by atoms with E-state index in [2.05, 4.69) is 9.97 Å². The second-order valence-electron chi connectivity index (χ2n) is 6.57. The molecule has 2 aromatic heterocycles. The Bertz CT molecular complexity index is 987. The van der Waals surface area contributed by atoms with Crippen molar-refractivity contribution >= 4 is 33.7 Å². The zero-order valence-corrected chi connectivity index (χ0v) is 14.7. The molecule has 1 aromatic carbocycles. The van der Waals surface area contributed by atoms with Crippen molar-refractivity contribution in [2.45, 2.75) is 26.2 Å². The molecular formula is C20H21N3O3. The van der Waals surface area contributed by atoms with Gasteiger partial charge in [0.15, 0.2) is 0 Å². The van der Waals surface area contributed by atoms with Crippen molar-refractivity contribution in [3.8, 4) is 0 Å². The van der Waals surface area contributed by atoms with Gasteiger partial charge in [0, 0.05) is 34.9 Å². The molecule has 26 heavy (non-hydrogen) atoms. The van der Waals surface area contributed by atoms with E-state index in [1.807, 2.05) is 23.1 Å². The third-order valence-electron chi connectivity index (χ3n) is 4.86. The highest BCUT2D eigenvalue weighted by Gasteiger charge is 2.19. The van der Waals surface area contributed by atoms with Crippen LogP contribution in [0.3, 0.4) is 0 Å². The van der Waals surface area contributed by atoms with Gasteiger partial charge < -0.3 is 14.6 Å². The first kappa shape index (κ1) is 16.6. The van der Waals surface area contributed by atoms with Gasteiger partial charge in [-0.25, -0.2) is 9.78 Å². The molecule has 6 nitrogen and oxygen atoms in total. The van der Waals surface area contributed by atoms with Gasteiger partial charge in [-0.15, -0.1) is 0 Å². The Balaban J connectivity index is 1.75. The number of ether oxygens (including phenoxy) is 1. The predicted molar refractivity (Wildman–Crippen MR) is 99.3 cm³/mol. The van der Waals surface area contributed by atoms with E-state index < -0.39 is 5.97 Å². The molecule has 134 valence electrons. The summed E-state index contributed by atoms with van der Waals surface area (Å²) in [6.45, 7) is 3.71. The quantitative estimate of drug-likeness (QED) is 0.733. The third-order valence-corrected chi connectivity index (χ3v) is 4.86. The minimum atomic E-state index is -0.440. The number of fused-ring (bicyclic) bond motifs is 3. The normalized spacial score (nSPS) is 14.7. The average Bonchev–Trinajstić information content (AvgIpc) is 3.05. The molecule has 0 spiro atoms. The molecule has 3 heterocycles. The summed E-state index contributed by atoms with van der Waals surface area (Å²) in [5.74, 6) is -0.370. The lowest BCUT2D eigenvalue weighted by molar-refractivity contribution is 0.0519. The summed E-state index contributed by atoms with van der Waals surface area (Å²) in [6.07, 6.45) is 4.95. The number of likely N-dealkylation sites (tertiary alicyclic amines) is 1. The highest BCUT2D eigenvalue weighted by Crippen LogP contribution is 2.27. The number of hydrogen-bond donors (Lipinski definition) is 1. The Kier molecular flexibility index (Phi) is 4.32. The zero-order valence-electron chi connectivity index (χ0n) is 14.7. The molecule has 1 saturated heterocycles. The molecule has 0 saturated carbocycles. The maximum Gasteiger partial charge on any atom is 0.356 e. The number of aromatic amines is 1. The molecule has 1 N–H and O–H groups in total. The van der Waals surface area contributed by atoms with Gasteiger partial charge in [-0.1, -0.05) is 0 Å². The van der Waals surface area contributed by atoms with Crippen LogP contribution in [0.1, 0.15) is 47.0 Å². The molecule has 0 bridgehead atoms. The number of rotatable bonds is 3. The number of nitrogens with zero attached hydrogens (tertiary/aromatic N) is 2. The first-order valence-corrected chi connectivity index (χ1v) is 9.05. The molecule has 1 fully saturated rings. The maximum absolute atomic E-state index is 12.8. The molecule has 0 unspecified atom stereocenters. The molecule has 1 aliphatic heterocycles. The molecule has 0 aliphatic carbocycles. The molecule has 3 aromatic rings. The number of amides is 1. The Morgan fingerprint density at radius 2 is 1.88 bits per heavy atom. The zero-order chi connectivity index (χ0) is 18.1. The van der Waals surface area contributed by atoms with E-state index in [1.54, 1.807) is 19.2 Å². The van der Waals surface area contributed by atoms with Crippen LogP contribution in [0.4, 0.5) is 0 Å². The van der Waals surface area contributed by atoms with E-state index in [1.165, 1.54) is 6.42 Å². The Hall–Kier alpha value is -2.89. The standard InChI is InChI=1S/C20H21N3O3/c1-2-26-20(25)17-11-15-14-10-13(19(24)23-8-4-3-5-9-23)6-7-16(14)22-18(15)12-21-17/h6-7,10-12,22H,2-5,8-9H2,1H3. The summed E-state index contributed by atoms with van der Waals surface area (Å²) in [4.78, 5) is 34.1. The molecular weight excluding hydrogens is 330 g/mol. The van der Waals surface area contributed by atoms with Crippen molar-refractivity contribution in [1.29, 1.82) is 0 Å². The Labute approximate surface area is 151 Å². The summed E-state index contributed by atoms with van der Waals surface area (Å²) in [6, 6.07) is 7.40. The number of pyridine rings is 1. The van der Waals surface area contributed by atoms with Crippen molar-refractivity contribution in [3.05, 3.63) is 41.7 Å². The molecule has 1 aliphatic rings. The van der Waals surface area contributed by atoms with E-state index in [4.69, 9.17) is 4.74 Å². The number of nitrogens with one attached hydrogen (secondary N) is 1. The van der Waals surface area contributed by atoms with Gasteiger partial charge in [0.05, 0.1) is 18.3 Å². The summed E-state index contributed by atoms with van der Waals surface area (Å²) < 4.78 is 5.03. The number of carbonyl (C=O) groups excluding carboxylic acids is 2. The molecule has 0 atom stereocenters. The average molecular weight is 351 g/mol. The minimum absolute atomic E-state index is 0.0700. The van der Waals surface area contributed by atoms with Gasteiger partial charge in [-0.05, 0) is 50.5 Å². The number of carbonyl (C=O) groups is 2. The monoisotopic (exact) mass is 351 g/mol. The van der Waals surface area contributed by atoms with Crippen molar-refractivity contribution < 1.29 is 14.3 Å². The van der Waals surface area contributed by atoms with Crippen LogP contribution in [0, 0.1) is 0 Å². The number of benzene rings is 1. The summed E-state index contributed by atoms with van der Waals surface area (Å²) in [7, 11) is 0. The number of piperidine rings is 1. The lowest BCUT2D eigenvalue weighted by Gasteiger charge is -2.26. The van der Waals surface area contributed by atoms with Crippen LogP contribution >= 0.6 is 0 Å². The highest BCUT2D eigenvalue weighted by atomic mass is 16.5. The van der Waals surface area contributed by atoms with E-state index in [0.717, 1.165) is 47.7 Å². The number of aromatic nitrogens is 2. The fraction of sp³-hybridized carbons (Fsp3) is 0.350. The summed E-state index contributed by atoms with van der Waals surface area (Å²) in [5, 5.41) is 1.78. The number of H-pyrrole nitrogens is 1. The van der Waals surface area contributed by atoms with Crippen LogP contribution < -0.4 is 0 Å². The van der Waals surface area contributed by atoms with E-state index in [-0.39, 0.29) is 11.6 Å². The highest BCUT2D eigenvalue weighted by molar-refractivity contribution is 6.11. The van der Waals surface area contributed by atoms with Crippen LogP contribution in [0.25, 0.3) is 21.8 Å². The second kappa shape index (κ2) is 6.78. The van der Waals surface area contributed by atoms with Crippen molar-refractivity contribution in [3.63, 3.8) is 0 Å². The van der Waals surface area contributed by atoms with Gasteiger partial charge in [-0.3, -0.25) is 4.79 Å². The van der Waals surface area contributed by atoms with Crippen molar-refractivity contribution in [1.82, 2.24) is 14.9 Å². The first-order valence-electron chi connectivity index (χ1n) is 9.05. The third kappa shape index (κ3) is 2.92. The largest absolute Gasteiger partial charge is 0.461 e. The van der Waals surface area contributed by atoms with Gasteiger partial charge in [-0.2, -0.15) is 0 Å². The SMILES string of the molecule is CCOC(=O)c1cc2c(cn1)[nH]c1ccc(C(=O)N3CCCCC3)cc12. The van der Waals surface area contributed by atoms with Crippen LogP contribution in [-0.4, -0.2) is 46.4 Å². The topological polar surface area (TPSA) is 75.3 Å². The van der Waals surface area contributed by atoms with Gasteiger partial charge in [0.1, 0.15) is 5.69 Å². The fourth-order valence-corrected chi connectivity index (χ4v) is 3.53. The maximum atomic E-state index is 12.8. The molecule has 4 rings (SSSR count). The fourth-order valence-electron chi connectivity index (χ4n) is 3.53. The lowest BCUT2D eigenvalue weighted by Crippen LogP contribution is -2.35. The molecule has 1 amide bonds. The summed E-state index contributed by atoms with van der Waals surface area (Å²) in [5.41, 5.74) is 2.69. The number of esters is 1. The van der Waals surface area contributed by atoms with Gasteiger partial charge in [0.2, 0.25) is 0 Å². The van der Waals surface area contributed by atoms with Crippen molar-refractivity contribution in [2.24, 2.45) is 0 Å². The van der Waals surface area contributed by atoms with E-state index in [0.29, 0.717) is 12.2 Å². The molecule has 6 heteroatoms. The summed E-state index contributed by atoms with van der Waals surface area (Å²) >= 11 is 0. The second-order valence-corrected chi connectivity index (χ2v) is 6.57. The van der Waals surface area contributed by atoms with Crippen LogP contribution in [0.2, 0.25) is 0 Å². The van der Waals surface area contributed by atoms with E-state index in [9.17, 15) is 9.59 Å². The first-order chi connectivity index (χ1) is 12.7. The van der Waals surface area contributed by atoms with Crippen LogP contribution in [0.15, 0.2) is 30.5 Å². The molecule has 0 radical (unpaired) electrons. The number of hydrogen-bond acceptors (Lipinski definition) is 4. The predicted octanol–water partition coefficient (Wildman–Crippen LogP) is 3.52. The van der Waals surface area contributed by atoms with Crippen LogP contribution in [-0.2, 0) is 4.74 Å². The Morgan fingerprint density at radius 1 is 1.12 bits per heavy atom. The lowest BCUT2D eigenvalue weighted by atomic mass is 10.1. The van der Waals surface area contributed by atoms with Gasteiger partial charge in [0.25, 0.3) is 5.91 Å². The van der Waals surface area contributed by atoms with Crippen molar-refractivity contribution in [2.75, 3.05) is 19.7 Å². The Morgan fingerprint density at radius 3 is 2.65 bits per heavy atom. The minimum Gasteiger partial charge on any atom is -0.461 e. The van der Waals surface area contributed by atoms with E-state index >= 15 is 0 Å². The smallest absolute Gasteiger partial charge is 0.356 e. The van der Waals surface area contributed by atoms with Gasteiger partial charge >= 0.3 is 5.97 Å².